The number of esters is 1. The van der Waals surface area contributed by atoms with Crippen molar-refractivity contribution >= 4 is 23.4 Å². The molecule has 0 spiro atoms. The Hall–Kier alpha value is -4.64. The smallest absolute Gasteiger partial charge is 0.361 e. The van der Waals surface area contributed by atoms with Gasteiger partial charge >= 0.3 is 5.97 Å². The molecule has 0 radical (unpaired) electrons. The summed E-state index contributed by atoms with van der Waals surface area (Å²) in [5, 5.41) is 10.4. The lowest BCUT2D eigenvalue weighted by Crippen LogP contribution is -2.29. The van der Waals surface area contributed by atoms with E-state index in [0.717, 1.165) is 25.9 Å². The largest absolute Gasteiger partial charge is 0.442 e. The Bertz CT molecular complexity index is 1440. The van der Waals surface area contributed by atoms with Crippen LogP contribution >= 0.6 is 0 Å². The van der Waals surface area contributed by atoms with Gasteiger partial charge in [0, 0.05) is 23.0 Å². The summed E-state index contributed by atoms with van der Waals surface area (Å²) < 4.78 is 21.1. The van der Waals surface area contributed by atoms with Crippen molar-refractivity contribution in [3.8, 4) is 11.3 Å². The first-order chi connectivity index (χ1) is 18.5. The average Bonchev–Trinajstić information content (AvgIpc) is 3.43. The van der Waals surface area contributed by atoms with Crippen LogP contribution in [0.1, 0.15) is 41.0 Å². The van der Waals surface area contributed by atoms with E-state index in [4.69, 9.17) is 10.5 Å². The molecule has 1 fully saturated rings. The zero-order valence-electron chi connectivity index (χ0n) is 20.4. The summed E-state index contributed by atoms with van der Waals surface area (Å²) in [7, 11) is 0. The number of nitrogen functional groups attached to an aromatic ring is 1. The maximum atomic E-state index is 13.6. The minimum Gasteiger partial charge on any atom is -0.442 e. The molecule has 194 valence electrons. The van der Waals surface area contributed by atoms with E-state index in [9.17, 15) is 14.0 Å². The zero-order valence-corrected chi connectivity index (χ0v) is 20.4. The molecular formula is C27H26FN7O3. The molecule has 3 heterocycles. The molecule has 4 aromatic rings. The van der Waals surface area contributed by atoms with Crippen molar-refractivity contribution in [3.05, 3.63) is 90.3 Å². The SMILES string of the molecule is Nc1ncc(-c2cnn(C3CCNCC3)c2)nc1C(=O)O[C@@H](C(=O)Nc1cccc(F)c1)c1ccccc1. The summed E-state index contributed by atoms with van der Waals surface area (Å²) in [5.41, 5.74) is 7.46. The number of ether oxygens (including phenoxy) is 1. The first-order valence-corrected chi connectivity index (χ1v) is 12.2. The molecule has 1 atom stereocenters. The van der Waals surface area contributed by atoms with Crippen molar-refractivity contribution < 1.29 is 18.7 Å². The lowest BCUT2D eigenvalue weighted by Gasteiger charge is -2.22. The number of piperidine rings is 1. The Morgan fingerprint density at radius 2 is 1.89 bits per heavy atom. The standard InChI is InChI=1S/C27H26FN7O3/c28-19-7-4-8-20(13-19)33-26(36)24(17-5-2-1-3-6-17)38-27(37)23-25(29)31-15-22(34-23)18-14-32-35(16-18)21-9-11-30-12-10-21/h1-8,13-16,21,24,30H,9-12H2,(H2,29,31)(H,33,36)/t24-/m1/s1. The summed E-state index contributed by atoms with van der Waals surface area (Å²) in [6, 6.07) is 14.2. The van der Waals surface area contributed by atoms with Crippen molar-refractivity contribution in [1.82, 2.24) is 25.1 Å². The highest BCUT2D eigenvalue weighted by atomic mass is 19.1. The van der Waals surface area contributed by atoms with E-state index in [1.54, 1.807) is 36.5 Å². The van der Waals surface area contributed by atoms with E-state index in [0.29, 0.717) is 16.8 Å². The molecule has 0 aliphatic carbocycles. The summed E-state index contributed by atoms with van der Waals surface area (Å²) in [6.07, 6.45) is 5.57. The number of nitrogens with zero attached hydrogens (tertiary/aromatic N) is 4. The minimum absolute atomic E-state index is 0.137. The van der Waals surface area contributed by atoms with E-state index in [1.165, 1.54) is 30.5 Å². The Morgan fingerprint density at radius 3 is 2.66 bits per heavy atom. The van der Waals surface area contributed by atoms with Crippen LogP contribution in [0.2, 0.25) is 0 Å². The molecule has 10 nitrogen and oxygen atoms in total. The molecule has 38 heavy (non-hydrogen) atoms. The third kappa shape index (κ3) is 5.68. The maximum Gasteiger partial charge on any atom is 0.361 e. The Balaban J connectivity index is 1.38. The summed E-state index contributed by atoms with van der Waals surface area (Å²) >= 11 is 0. The molecular weight excluding hydrogens is 489 g/mol. The fraction of sp³-hybridized carbons (Fsp3) is 0.222. The zero-order chi connectivity index (χ0) is 26.5. The van der Waals surface area contributed by atoms with Gasteiger partial charge in [0.25, 0.3) is 5.91 Å². The lowest BCUT2D eigenvalue weighted by atomic mass is 10.1. The van der Waals surface area contributed by atoms with E-state index in [1.807, 2.05) is 10.9 Å². The molecule has 11 heteroatoms. The molecule has 5 rings (SSSR count). The first-order valence-electron chi connectivity index (χ1n) is 12.2. The van der Waals surface area contributed by atoms with Crippen LogP contribution in [0.15, 0.2) is 73.2 Å². The normalized spacial score (nSPS) is 14.6. The number of nitrogens with two attached hydrogens (primary N) is 1. The van der Waals surface area contributed by atoms with E-state index >= 15 is 0 Å². The third-order valence-corrected chi connectivity index (χ3v) is 6.23. The lowest BCUT2D eigenvalue weighted by molar-refractivity contribution is -0.125. The van der Waals surface area contributed by atoms with Crippen LogP contribution in [-0.2, 0) is 9.53 Å². The number of amides is 1. The van der Waals surface area contributed by atoms with E-state index in [-0.39, 0.29) is 23.2 Å². The molecule has 1 saturated heterocycles. The number of nitrogens with one attached hydrogen (secondary N) is 2. The maximum absolute atomic E-state index is 13.6. The van der Waals surface area contributed by atoms with Gasteiger partial charge in [0.15, 0.2) is 11.5 Å². The van der Waals surface area contributed by atoms with Gasteiger partial charge in [0.1, 0.15) is 5.82 Å². The van der Waals surface area contributed by atoms with Crippen molar-refractivity contribution in [1.29, 1.82) is 0 Å². The second kappa shape index (κ2) is 11.2. The predicted octanol–water partition coefficient (Wildman–Crippen LogP) is 3.52. The number of hydrogen-bond donors (Lipinski definition) is 3. The van der Waals surface area contributed by atoms with Crippen LogP contribution in [0.5, 0.6) is 0 Å². The fourth-order valence-electron chi connectivity index (χ4n) is 4.27. The number of halogens is 1. The molecule has 0 bridgehead atoms. The Morgan fingerprint density at radius 1 is 1.11 bits per heavy atom. The minimum atomic E-state index is -1.35. The van der Waals surface area contributed by atoms with Gasteiger partial charge < -0.3 is 21.1 Å². The van der Waals surface area contributed by atoms with E-state index < -0.39 is 23.8 Å². The molecule has 0 saturated carbocycles. The highest BCUT2D eigenvalue weighted by Gasteiger charge is 2.28. The Labute approximate surface area is 218 Å². The number of carbonyl (C=O) groups excluding carboxylic acids is 2. The molecule has 1 aliphatic rings. The second-order valence-electron chi connectivity index (χ2n) is 8.87. The van der Waals surface area contributed by atoms with Crippen LogP contribution in [0.3, 0.4) is 0 Å². The van der Waals surface area contributed by atoms with Gasteiger partial charge in [-0.15, -0.1) is 0 Å². The number of benzene rings is 2. The number of rotatable bonds is 7. The summed E-state index contributed by atoms with van der Waals surface area (Å²) in [6.45, 7) is 1.85. The van der Waals surface area contributed by atoms with Gasteiger partial charge in [0.2, 0.25) is 6.10 Å². The molecule has 1 aliphatic heterocycles. The first kappa shape index (κ1) is 25.0. The molecule has 2 aromatic heterocycles. The quantitative estimate of drug-likeness (QED) is 0.318. The fourth-order valence-corrected chi connectivity index (χ4v) is 4.27. The summed E-state index contributed by atoms with van der Waals surface area (Å²) in [4.78, 5) is 34.9. The second-order valence-corrected chi connectivity index (χ2v) is 8.87. The topological polar surface area (TPSA) is 137 Å². The van der Waals surface area contributed by atoms with Crippen molar-refractivity contribution in [2.75, 3.05) is 24.1 Å². The van der Waals surface area contributed by atoms with Gasteiger partial charge in [-0.25, -0.2) is 19.2 Å². The average molecular weight is 516 g/mol. The third-order valence-electron chi connectivity index (χ3n) is 6.23. The van der Waals surface area contributed by atoms with Crippen LogP contribution in [0, 0.1) is 5.82 Å². The van der Waals surface area contributed by atoms with Gasteiger partial charge in [-0.3, -0.25) is 9.48 Å². The molecule has 4 N–H and O–H groups in total. The molecule has 1 amide bonds. The summed E-state index contributed by atoms with van der Waals surface area (Å²) in [5.74, 6) is -2.24. The van der Waals surface area contributed by atoms with E-state index in [2.05, 4.69) is 25.7 Å². The monoisotopic (exact) mass is 515 g/mol. The van der Waals surface area contributed by atoms with Crippen molar-refractivity contribution in [2.45, 2.75) is 25.0 Å². The van der Waals surface area contributed by atoms with Crippen LogP contribution in [0.25, 0.3) is 11.3 Å². The van der Waals surface area contributed by atoms with Gasteiger partial charge in [-0.1, -0.05) is 36.4 Å². The van der Waals surface area contributed by atoms with Gasteiger partial charge in [0.05, 0.1) is 24.1 Å². The number of anilines is 2. The number of hydrogen-bond acceptors (Lipinski definition) is 8. The van der Waals surface area contributed by atoms with Gasteiger partial charge in [-0.05, 0) is 44.1 Å². The highest BCUT2D eigenvalue weighted by Crippen LogP contribution is 2.26. The van der Waals surface area contributed by atoms with Gasteiger partial charge in [-0.2, -0.15) is 5.10 Å². The molecule has 0 unspecified atom stereocenters. The number of aromatic nitrogens is 4. The van der Waals surface area contributed by atoms with Crippen molar-refractivity contribution in [3.63, 3.8) is 0 Å². The Kier molecular flexibility index (Phi) is 7.36. The number of carbonyl (C=O) groups is 2. The highest BCUT2D eigenvalue weighted by molar-refractivity contribution is 5.99. The molecule has 2 aromatic carbocycles. The van der Waals surface area contributed by atoms with Crippen LogP contribution in [0.4, 0.5) is 15.9 Å². The van der Waals surface area contributed by atoms with Crippen LogP contribution < -0.4 is 16.4 Å². The van der Waals surface area contributed by atoms with Crippen LogP contribution in [-0.4, -0.2) is 44.7 Å². The van der Waals surface area contributed by atoms with Crippen molar-refractivity contribution in [2.24, 2.45) is 0 Å². The predicted molar refractivity (Wildman–Crippen MR) is 138 cm³/mol.